The molecule has 13 heavy (non-hydrogen) atoms. The van der Waals surface area contributed by atoms with Crippen LogP contribution in [0.25, 0.3) is 0 Å². The molecule has 0 aliphatic carbocycles. The summed E-state index contributed by atoms with van der Waals surface area (Å²) in [5.41, 5.74) is 1.02. The molecule has 0 N–H and O–H groups in total. The number of halogens is 1. The van der Waals surface area contributed by atoms with E-state index in [4.69, 9.17) is 16.9 Å². The third-order valence-corrected chi connectivity index (χ3v) is 4.63. The fourth-order valence-electron chi connectivity index (χ4n) is 1.01. The summed E-state index contributed by atoms with van der Waals surface area (Å²) >= 11 is 8.19. The first kappa shape index (κ1) is 11.2. The van der Waals surface area contributed by atoms with Gasteiger partial charge < -0.3 is 0 Å². The Labute approximate surface area is 97.1 Å². The van der Waals surface area contributed by atoms with Crippen LogP contribution in [0.1, 0.15) is 12.5 Å². The van der Waals surface area contributed by atoms with Crippen molar-refractivity contribution >= 4 is 40.1 Å². The van der Waals surface area contributed by atoms with Crippen molar-refractivity contribution in [3.8, 4) is 6.07 Å². The summed E-state index contributed by atoms with van der Waals surface area (Å²) in [6.45, 7) is 1.96. The van der Waals surface area contributed by atoms with Gasteiger partial charge >= 0.3 is 97.6 Å². The first-order valence-corrected chi connectivity index (χ1v) is 6.79. The van der Waals surface area contributed by atoms with Crippen molar-refractivity contribution in [3.63, 3.8) is 0 Å². The summed E-state index contributed by atoms with van der Waals surface area (Å²) in [5, 5.41) is 9.75. The molecule has 1 unspecified atom stereocenters. The Balaban J connectivity index is 3.14. The van der Waals surface area contributed by atoms with E-state index in [0.29, 0.717) is 5.02 Å². The first-order chi connectivity index (χ1) is 6.12. The van der Waals surface area contributed by atoms with E-state index in [2.05, 4.69) is 21.8 Å². The van der Waals surface area contributed by atoms with E-state index >= 15 is 0 Å². The molecule has 4 heteroatoms. The topological polar surface area (TPSA) is 23.8 Å². The van der Waals surface area contributed by atoms with Crippen LogP contribution < -0.4 is 0 Å². The van der Waals surface area contributed by atoms with E-state index in [0.717, 1.165) is 5.56 Å². The Morgan fingerprint density at radius 3 is 2.77 bits per heavy atom. The molecule has 1 aromatic carbocycles. The van der Waals surface area contributed by atoms with Crippen LogP contribution in [0.2, 0.25) is 5.02 Å². The van der Waals surface area contributed by atoms with Gasteiger partial charge in [-0.1, -0.05) is 0 Å². The van der Waals surface area contributed by atoms with Gasteiger partial charge in [0.2, 0.25) is 0 Å². The van der Waals surface area contributed by atoms with Crippen molar-refractivity contribution in [1.29, 1.82) is 5.26 Å². The van der Waals surface area contributed by atoms with Crippen LogP contribution in [-0.2, 0) is 4.31 Å². The van der Waals surface area contributed by atoms with E-state index < -0.39 is 0 Å². The second-order valence-electron chi connectivity index (χ2n) is 2.86. The minimum absolute atomic E-state index is 0.256. The van der Waals surface area contributed by atoms with Gasteiger partial charge in [0.25, 0.3) is 0 Å². The summed E-state index contributed by atoms with van der Waals surface area (Å²) in [6, 6.07) is 9.88. The SMILES string of the molecule is [Li][Se]C(C)(C#N)c1cccc(Cl)c1. The molecule has 0 fully saturated rings. The number of benzene rings is 1. The van der Waals surface area contributed by atoms with Gasteiger partial charge in [0.05, 0.1) is 0 Å². The summed E-state index contributed by atoms with van der Waals surface area (Å²) in [6.07, 6.45) is 0. The normalized spacial score (nSPS) is 14.7. The Hall–Kier alpha value is 0.117. The van der Waals surface area contributed by atoms with Crippen molar-refractivity contribution in [3.05, 3.63) is 34.9 Å². The van der Waals surface area contributed by atoms with E-state index in [-0.39, 0.29) is 17.1 Å². The van der Waals surface area contributed by atoms with Crippen LogP contribution in [0, 0.1) is 11.3 Å². The molecule has 1 rings (SSSR count). The predicted octanol–water partition coefficient (Wildman–Crippen LogP) is 1.87. The molecule has 1 atom stereocenters. The molecule has 62 valence electrons. The van der Waals surface area contributed by atoms with Crippen molar-refractivity contribution < 1.29 is 0 Å². The van der Waals surface area contributed by atoms with Crippen LogP contribution in [-0.4, -0.2) is 28.5 Å². The molecule has 1 nitrogen and oxygen atoms in total. The third-order valence-electron chi connectivity index (χ3n) is 2.00. The molecule has 0 amide bonds. The Bertz CT molecular complexity index is 350. The van der Waals surface area contributed by atoms with Crippen molar-refractivity contribution in [1.82, 2.24) is 0 Å². The summed E-state index contributed by atoms with van der Waals surface area (Å²) in [4.78, 5) is 0. The van der Waals surface area contributed by atoms with Crippen molar-refractivity contribution in [2.24, 2.45) is 0 Å². The monoisotopic (exact) mass is 251 g/mol. The molecule has 0 bridgehead atoms. The van der Waals surface area contributed by atoms with Crippen LogP contribution in [0.15, 0.2) is 24.3 Å². The summed E-state index contributed by atoms with van der Waals surface area (Å²) in [5.74, 6) is 0. The molecule has 1 aromatic rings. The number of hydrogen-bond donors (Lipinski definition) is 0. The molecule has 0 heterocycles. The van der Waals surface area contributed by atoms with Gasteiger partial charge in [0.15, 0.2) is 0 Å². The average Bonchev–Trinajstić information content (AvgIpc) is 2.17. The Morgan fingerprint density at radius 1 is 1.62 bits per heavy atom. The fraction of sp³-hybridized carbons (Fsp3) is 0.222. The van der Waals surface area contributed by atoms with Gasteiger partial charge in [-0.15, -0.1) is 0 Å². The predicted molar refractivity (Wildman–Crippen MR) is 55.9 cm³/mol. The van der Waals surface area contributed by atoms with Gasteiger partial charge in [0, 0.05) is 0 Å². The fourth-order valence-corrected chi connectivity index (χ4v) is 2.16. The van der Waals surface area contributed by atoms with Crippen molar-refractivity contribution in [2.45, 2.75) is 11.2 Å². The second kappa shape index (κ2) is 4.56. The molecular weight excluding hydrogens is 243 g/mol. The van der Waals surface area contributed by atoms with Gasteiger partial charge in [-0.3, -0.25) is 0 Å². The maximum absolute atomic E-state index is 9.05. The zero-order valence-corrected chi connectivity index (χ0v) is 10.0. The summed E-state index contributed by atoms with van der Waals surface area (Å²) in [7, 11) is 0. The number of rotatable bonds is 2. The molecule has 0 aromatic heterocycles. The van der Waals surface area contributed by atoms with E-state index in [1.807, 2.05) is 31.2 Å². The van der Waals surface area contributed by atoms with Crippen LogP contribution in [0.3, 0.4) is 0 Å². The molecule has 0 aliphatic heterocycles. The third kappa shape index (κ3) is 2.54. The van der Waals surface area contributed by atoms with Crippen LogP contribution in [0.4, 0.5) is 0 Å². The molecule has 0 spiro atoms. The Morgan fingerprint density at radius 2 is 2.31 bits per heavy atom. The number of nitrogens with zero attached hydrogens (tertiary/aromatic N) is 1. The van der Waals surface area contributed by atoms with Crippen molar-refractivity contribution in [2.75, 3.05) is 0 Å². The Kier molecular flexibility index (Phi) is 3.93. The summed E-state index contributed by atoms with van der Waals surface area (Å²) < 4.78 is -0.349. The van der Waals surface area contributed by atoms with Crippen LogP contribution >= 0.6 is 11.6 Å². The molecule has 0 radical (unpaired) electrons. The quantitative estimate of drug-likeness (QED) is 0.735. The van der Waals surface area contributed by atoms with Crippen LogP contribution in [0.5, 0.6) is 0 Å². The van der Waals surface area contributed by atoms with E-state index in [1.54, 1.807) is 0 Å². The van der Waals surface area contributed by atoms with Gasteiger partial charge in [0.1, 0.15) is 0 Å². The van der Waals surface area contributed by atoms with E-state index in [9.17, 15) is 0 Å². The number of nitriles is 1. The van der Waals surface area contributed by atoms with Gasteiger partial charge in [-0.25, -0.2) is 0 Å². The minimum atomic E-state index is -0.349. The zero-order valence-electron chi connectivity index (χ0n) is 7.54. The first-order valence-electron chi connectivity index (χ1n) is 3.85. The molecular formula is C9H7ClLiNSe. The molecule has 0 aliphatic rings. The molecule has 0 saturated carbocycles. The standard InChI is InChI=1S/C9H8ClNSe.Li/c1-9(12,6-11)7-3-2-4-8(10)5-7;/h2-5,12H,1H3;/q;+1/p-1. The maximum atomic E-state index is 9.05. The second-order valence-corrected chi connectivity index (χ2v) is 5.87. The van der Waals surface area contributed by atoms with E-state index in [1.165, 1.54) is 0 Å². The van der Waals surface area contributed by atoms with Gasteiger partial charge in [-0.05, 0) is 0 Å². The number of hydrogen-bond acceptors (Lipinski definition) is 1. The average molecular weight is 251 g/mol. The zero-order chi connectivity index (χ0) is 9.90. The molecule has 0 saturated heterocycles. The van der Waals surface area contributed by atoms with Gasteiger partial charge in [-0.2, -0.15) is 0 Å².